The molecule has 0 amide bonds. The first-order valence-corrected chi connectivity index (χ1v) is 9.29. The first kappa shape index (κ1) is 16.7. The second-order valence-electron chi connectivity index (χ2n) is 7.35. The highest BCUT2D eigenvalue weighted by Gasteiger charge is 2.48. The Morgan fingerprint density at radius 1 is 0.929 bits per heavy atom. The van der Waals surface area contributed by atoms with Gasteiger partial charge < -0.3 is 0 Å². The number of nitro benzene ring substituents is 1. The van der Waals surface area contributed by atoms with Gasteiger partial charge in [0.15, 0.2) is 11.6 Å². The molecule has 0 radical (unpaired) electrons. The van der Waals surface area contributed by atoms with E-state index in [2.05, 4.69) is 0 Å². The summed E-state index contributed by atoms with van der Waals surface area (Å²) in [5.74, 6) is -1.02. The smallest absolute Gasteiger partial charge is 0.269 e. The van der Waals surface area contributed by atoms with Crippen molar-refractivity contribution in [2.45, 2.75) is 25.2 Å². The molecular formula is C22H16N2O4. The van der Waals surface area contributed by atoms with E-state index in [-0.39, 0.29) is 17.3 Å². The molecule has 0 saturated carbocycles. The Bertz CT molecular complexity index is 1110. The minimum absolute atomic E-state index is 0.0151. The van der Waals surface area contributed by atoms with Crippen molar-refractivity contribution in [1.29, 1.82) is 0 Å². The molecule has 6 nitrogen and oxygen atoms in total. The number of ketones is 2. The summed E-state index contributed by atoms with van der Waals surface area (Å²) >= 11 is 0. The molecule has 1 heterocycles. The van der Waals surface area contributed by atoms with Crippen molar-refractivity contribution < 1.29 is 14.5 Å². The number of carbonyl (C=O) groups excluding carboxylic acids is 2. The number of benzene rings is 2. The van der Waals surface area contributed by atoms with Crippen LogP contribution in [0.1, 0.15) is 46.7 Å². The number of rotatable bonds is 2. The molecule has 0 saturated heterocycles. The van der Waals surface area contributed by atoms with Gasteiger partial charge in [0.2, 0.25) is 0 Å². The van der Waals surface area contributed by atoms with Crippen molar-refractivity contribution in [3.8, 4) is 0 Å². The normalized spacial score (nSPS) is 23.1. The monoisotopic (exact) mass is 372 g/mol. The molecule has 1 aliphatic heterocycles. The number of aliphatic imine (C=N–C) groups is 1. The molecule has 0 spiro atoms. The largest absolute Gasteiger partial charge is 0.294 e. The lowest BCUT2D eigenvalue weighted by Crippen LogP contribution is -2.33. The molecular weight excluding hydrogens is 356 g/mol. The second-order valence-corrected chi connectivity index (χ2v) is 7.35. The summed E-state index contributed by atoms with van der Waals surface area (Å²) in [4.78, 5) is 41.4. The second kappa shape index (κ2) is 6.05. The maximum absolute atomic E-state index is 13.2. The SMILES string of the molecule is O=C1CCCC2=C1[C@H](c1ccc([N+](=O)[O-])cc1)[C@@H]1C(=O)c3ccccc3C1=N2. The third-order valence-electron chi connectivity index (χ3n) is 5.84. The predicted octanol–water partition coefficient (Wildman–Crippen LogP) is 4.00. The van der Waals surface area contributed by atoms with E-state index in [9.17, 15) is 19.7 Å². The van der Waals surface area contributed by atoms with E-state index in [1.54, 1.807) is 18.2 Å². The standard InChI is InChI=1S/C22H16N2O4/c25-17-7-3-6-16-19(17)18(12-8-10-13(11-9-12)24(27)28)20-21(23-16)14-4-1-2-5-15(14)22(20)26/h1-2,4-5,8-11,18,20H,3,6-7H2/t18-,20-/m0/s1. The van der Waals surface area contributed by atoms with E-state index >= 15 is 0 Å². The van der Waals surface area contributed by atoms with E-state index in [1.165, 1.54) is 12.1 Å². The van der Waals surface area contributed by atoms with E-state index in [0.717, 1.165) is 29.0 Å². The van der Waals surface area contributed by atoms with Crippen molar-refractivity contribution >= 4 is 23.0 Å². The quantitative estimate of drug-likeness (QED) is 0.589. The average molecular weight is 372 g/mol. The van der Waals surface area contributed by atoms with Gasteiger partial charge in [0, 0.05) is 46.9 Å². The number of nitro groups is 1. The zero-order valence-electron chi connectivity index (χ0n) is 14.9. The Hall–Kier alpha value is -3.41. The van der Waals surface area contributed by atoms with Gasteiger partial charge in [0.1, 0.15) is 0 Å². The van der Waals surface area contributed by atoms with E-state index < -0.39 is 16.8 Å². The fourth-order valence-electron chi connectivity index (χ4n) is 4.61. The van der Waals surface area contributed by atoms with Crippen molar-refractivity contribution in [3.05, 3.63) is 86.6 Å². The predicted molar refractivity (Wildman–Crippen MR) is 103 cm³/mol. The van der Waals surface area contributed by atoms with Crippen LogP contribution in [0.2, 0.25) is 0 Å². The summed E-state index contributed by atoms with van der Waals surface area (Å²) in [6.45, 7) is 0. The van der Waals surface area contributed by atoms with E-state index in [0.29, 0.717) is 24.0 Å². The number of nitrogens with zero attached hydrogens (tertiary/aromatic N) is 2. The molecule has 3 aliphatic rings. The molecule has 28 heavy (non-hydrogen) atoms. The summed E-state index contributed by atoms with van der Waals surface area (Å²) in [5, 5.41) is 11.0. The van der Waals surface area contributed by atoms with Crippen molar-refractivity contribution in [2.75, 3.05) is 0 Å². The molecule has 2 atom stereocenters. The summed E-state index contributed by atoms with van der Waals surface area (Å²) < 4.78 is 0. The number of Topliss-reactive ketones (excluding diaryl/α,β-unsaturated/α-hetero) is 2. The number of non-ortho nitro benzene ring substituents is 1. The maximum atomic E-state index is 13.2. The van der Waals surface area contributed by atoms with Crippen molar-refractivity contribution in [1.82, 2.24) is 0 Å². The Morgan fingerprint density at radius 2 is 1.64 bits per heavy atom. The van der Waals surface area contributed by atoms with Crippen LogP contribution in [0.5, 0.6) is 0 Å². The highest BCUT2D eigenvalue weighted by atomic mass is 16.6. The van der Waals surface area contributed by atoms with Crippen molar-refractivity contribution in [2.24, 2.45) is 10.9 Å². The zero-order valence-corrected chi connectivity index (χ0v) is 14.9. The molecule has 0 aromatic heterocycles. The minimum atomic E-state index is -0.556. The van der Waals surface area contributed by atoms with Crippen LogP contribution >= 0.6 is 0 Å². The van der Waals surface area contributed by atoms with Gasteiger partial charge in [-0.05, 0) is 18.4 Å². The molecule has 0 fully saturated rings. The van der Waals surface area contributed by atoms with Crippen LogP contribution in [0.15, 0.2) is 64.8 Å². The van der Waals surface area contributed by atoms with Crippen LogP contribution in [-0.4, -0.2) is 22.2 Å². The topological polar surface area (TPSA) is 89.6 Å². The molecule has 0 unspecified atom stereocenters. The van der Waals surface area contributed by atoms with Gasteiger partial charge in [-0.1, -0.05) is 36.4 Å². The summed E-state index contributed by atoms with van der Waals surface area (Å²) in [5.41, 5.74) is 4.27. The average Bonchev–Trinajstić information content (AvgIpc) is 2.99. The fourth-order valence-corrected chi connectivity index (χ4v) is 4.61. The van der Waals surface area contributed by atoms with Crippen molar-refractivity contribution in [3.63, 3.8) is 0 Å². The third-order valence-corrected chi connectivity index (χ3v) is 5.84. The van der Waals surface area contributed by atoms with Gasteiger partial charge in [-0.15, -0.1) is 0 Å². The van der Waals surface area contributed by atoms with Crippen LogP contribution in [0, 0.1) is 16.0 Å². The van der Waals surface area contributed by atoms with Gasteiger partial charge in [-0.2, -0.15) is 0 Å². The van der Waals surface area contributed by atoms with Crippen LogP contribution in [0.4, 0.5) is 5.69 Å². The number of hydrogen-bond acceptors (Lipinski definition) is 5. The Labute approximate surface area is 160 Å². The van der Waals surface area contributed by atoms with Crippen LogP contribution in [0.3, 0.4) is 0 Å². The first-order chi connectivity index (χ1) is 13.6. The number of carbonyl (C=O) groups is 2. The fraction of sp³-hybridized carbons (Fsp3) is 0.227. The third kappa shape index (κ3) is 2.30. The van der Waals surface area contributed by atoms with Crippen LogP contribution in [-0.2, 0) is 4.79 Å². The number of allylic oxidation sites excluding steroid dienone is 2. The number of hydrogen-bond donors (Lipinski definition) is 0. The number of fused-ring (bicyclic) bond motifs is 3. The molecule has 5 rings (SSSR count). The molecule has 0 N–H and O–H groups in total. The van der Waals surface area contributed by atoms with Gasteiger partial charge in [-0.3, -0.25) is 24.7 Å². The molecule has 2 aromatic carbocycles. The Morgan fingerprint density at radius 3 is 2.36 bits per heavy atom. The molecule has 2 aliphatic carbocycles. The van der Waals surface area contributed by atoms with Crippen LogP contribution < -0.4 is 0 Å². The first-order valence-electron chi connectivity index (χ1n) is 9.29. The Balaban J connectivity index is 1.72. The maximum Gasteiger partial charge on any atom is 0.269 e. The molecule has 2 aromatic rings. The summed E-state index contributed by atoms with van der Waals surface area (Å²) in [7, 11) is 0. The minimum Gasteiger partial charge on any atom is -0.294 e. The van der Waals surface area contributed by atoms with E-state index in [1.807, 2.05) is 18.2 Å². The summed E-state index contributed by atoms with van der Waals surface area (Å²) in [6, 6.07) is 13.6. The molecule has 6 heteroatoms. The van der Waals surface area contributed by atoms with Crippen LogP contribution in [0.25, 0.3) is 0 Å². The lowest BCUT2D eigenvalue weighted by Gasteiger charge is -2.33. The highest BCUT2D eigenvalue weighted by Crippen LogP contribution is 2.48. The van der Waals surface area contributed by atoms with Gasteiger partial charge in [-0.25, -0.2) is 0 Å². The lowest BCUT2D eigenvalue weighted by atomic mass is 9.71. The van der Waals surface area contributed by atoms with Gasteiger partial charge in [0.05, 0.1) is 16.6 Å². The Kier molecular flexibility index (Phi) is 3.62. The zero-order chi connectivity index (χ0) is 19.4. The molecule has 138 valence electrons. The van der Waals surface area contributed by atoms with Gasteiger partial charge in [0.25, 0.3) is 5.69 Å². The highest BCUT2D eigenvalue weighted by molar-refractivity contribution is 6.30. The van der Waals surface area contributed by atoms with E-state index in [4.69, 9.17) is 4.99 Å². The summed E-state index contributed by atoms with van der Waals surface area (Å²) in [6.07, 6.45) is 1.90. The van der Waals surface area contributed by atoms with Gasteiger partial charge >= 0.3 is 0 Å². The molecule has 0 bridgehead atoms. The lowest BCUT2D eigenvalue weighted by molar-refractivity contribution is -0.384.